The number of halogens is 1. The molecular formula is C15H16FNO2. The second kappa shape index (κ2) is 4.76. The highest BCUT2D eigenvalue weighted by Crippen LogP contribution is 2.29. The Kier molecular flexibility index (Phi) is 3.09. The van der Waals surface area contributed by atoms with Gasteiger partial charge in [-0.15, -0.1) is 0 Å². The maximum Gasteiger partial charge on any atom is 0.261 e. The number of imide groups is 1. The molecule has 0 atom stereocenters. The van der Waals surface area contributed by atoms with E-state index in [4.69, 9.17) is 0 Å². The van der Waals surface area contributed by atoms with Crippen LogP contribution in [0.3, 0.4) is 0 Å². The van der Waals surface area contributed by atoms with Gasteiger partial charge in [-0.3, -0.25) is 14.5 Å². The number of nitrogens with zero attached hydrogens (tertiary/aromatic N) is 1. The fourth-order valence-corrected chi connectivity index (χ4v) is 3.06. The van der Waals surface area contributed by atoms with Crippen LogP contribution in [0.1, 0.15) is 52.8 Å². The molecule has 4 heteroatoms. The van der Waals surface area contributed by atoms with Crippen LogP contribution in [0.5, 0.6) is 0 Å². The number of hydrogen-bond acceptors (Lipinski definition) is 2. The zero-order valence-corrected chi connectivity index (χ0v) is 10.7. The van der Waals surface area contributed by atoms with Crippen LogP contribution in [-0.2, 0) is 0 Å². The maximum atomic E-state index is 13.2. The largest absolute Gasteiger partial charge is 0.274 e. The van der Waals surface area contributed by atoms with Crippen molar-refractivity contribution in [3.63, 3.8) is 0 Å². The van der Waals surface area contributed by atoms with E-state index in [1.165, 1.54) is 36.3 Å². The highest BCUT2D eigenvalue weighted by Gasteiger charge is 2.36. The Labute approximate surface area is 111 Å². The van der Waals surface area contributed by atoms with Crippen molar-refractivity contribution in [2.75, 3.05) is 6.54 Å². The lowest BCUT2D eigenvalue weighted by Crippen LogP contribution is -2.35. The van der Waals surface area contributed by atoms with Crippen LogP contribution < -0.4 is 0 Å². The van der Waals surface area contributed by atoms with Gasteiger partial charge in [-0.05, 0) is 37.0 Å². The second-order valence-corrected chi connectivity index (χ2v) is 5.41. The third kappa shape index (κ3) is 2.15. The van der Waals surface area contributed by atoms with Crippen LogP contribution in [0.4, 0.5) is 4.39 Å². The lowest BCUT2D eigenvalue weighted by Gasteiger charge is -2.25. The summed E-state index contributed by atoms with van der Waals surface area (Å²) >= 11 is 0. The summed E-state index contributed by atoms with van der Waals surface area (Å²) in [6.45, 7) is 0.480. The molecule has 0 unspecified atom stereocenters. The van der Waals surface area contributed by atoms with Crippen molar-refractivity contribution >= 4 is 11.8 Å². The molecule has 0 bridgehead atoms. The van der Waals surface area contributed by atoms with E-state index < -0.39 is 5.82 Å². The molecule has 19 heavy (non-hydrogen) atoms. The predicted octanol–water partition coefficient (Wildman–Crippen LogP) is 3.00. The minimum atomic E-state index is -0.473. The van der Waals surface area contributed by atoms with Gasteiger partial charge in [-0.1, -0.05) is 19.3 Å². The van der Waals surface area contributed by atoms with E-state index in [-0.39, 0.29) is 17.4 Å². The van der Waals surface area contributed by atoms with E-state index in [1.54, 1.807) is 0 Å². The summed E-state index contributed by atoms with van der Waals surface area (Å²) in [5, 5.41) is 0. The first-order valence-electron chi connectivity index (χ1n) is 6.82. The van der Waals surface area contributed by atoms with Crippen molar-refractivity contribution in [3.05, 3.63) is 35.1 Å². The van der Waals surface area contributed by atoms with Gasteiger partial charge < -0.3 is 0 Å². The van der Waals surface area contributed by atoms with Crippen molar-refractivity contribution in [2.45, 2.75) is 32.1 Å². The van der Waals surface area contributed by atoms with E-state index in [9.17, 15) is 14.0 Å². The molecule has 0 spiro atoms. The molecule has 0 radical (unpaired) electrons. The van der Waals surface area contributed by atoms with Crippen LogP contribution in [0.25, 0.3) is 0 Å². The first-order chi connectivity index (χ1) is 9.16. The van der Waals surface area contributed by atoms with Gasteiger partial charge in [0.2, 0.25) is 0 Å². The molecule has 3 rings (SSSR count). The molecule has 3 nitrogen and oxygen atoms in total. The molecule has 1 aliphatic heterocycles. The van der Waals surface area contributed by atoms with Crippen LogP contribution in [0, 0.1) is 11.7 Å². The number of hydrogen-bond donors (Lipinski definition) is 0. The quantitative estimate of drug-likeness (QED) is 0.767. The minimum Gasteiger partial charge on any atom is -0.274 e. The summed E-state index contributed by atoms with van der Waals surface area (Å²) in [5.74, 6) is -0.684. The highest BCUT2D eigenvalue weighted by molar-refractivity contribution is 6.21. The van der Waals surface area contributed by atoms with Gasteiger partial charge in [0, 0.05) is 6.54 Å². The van der Waals surface area contributed by atoms with E-state index in [2.05, 4.69) is 0 Å². The smallest absolute Gasteiger partial charge is 0.261 e. The average molecular weight is 261 g/mol. The number of rotatable bonds is 2. The average Bonchev–Trinajstić information content (AvgIpc) is 2.65. The first kappa shape index (κ1) is 12.3. The Morgan fingerprint density at radius 3 is 2.47 bits per heavy atom. The minimum absolute atomic E-state index is 0.209. The molecule has 1 saturated carbocycles. The summed E-state index contributed by atoms with van der Waals surface area (Å²) < 4.78 is 13.2. The zero-order valence-electron chi connectivity index (χ0n) is 10.7. The fraction of sp³-hybridized carbons (Fsp3) is 0.467. The summed E-state index contributed by atoms with van der Waals surface area (Å²) in [6, 6.07) is 3.80. The Morgan fingerprint density at radius 1 is 1.05 bits per heavy atom. The van der Waals surface area contributed by atoms with E-state index in [0.29, 0.717) is 18.0 Å². The van der Waals surface area contributed by atoms with Crippen molar-refractivity contribution in [1.29, 1.82) is 0 Å². The molecule has 1 aromatic carbocycles. The molecule has 1 heterocycles. The molecule has 2 aliphatic rings. The zero-order chi connectivity index (χ0) is 13.4. The predicted molar refractivity (Wildman–Crippen MR) is 68.3 cm³/mol. The Balaban J connectivity index is 1.81. The van der Waals surface area contributed by atoms with Crippen LogP contribution >= 0.6 is 0 Å². The summed E-state index contributed by atoms with van der Waals surface area (Å²) in [5.41, 5.74) is 0.544. The molecule has 0 saturated heterocycles. The third-order valence-electron chi connectivity index (χ3n) is 4.10. The SMILES string of the molecule is O=C1c2ccc(F)cc2C(=O)N1CC1CCCCC1. The van der Waals surface area contributed by atoms with Gasteiger partial charge in [0.25, 0.3) is 11.8 Å². The molecule has 2 amide bonds. The summed E-state index contributed by atoms with van der Waals surface area (Å²) in [6.07, 6.45) is 5.72. The molecular weight excluding hydrogens is 245 g/mol. The van der Waals surface area contributed by atoms with Crippen molar-refractivity contribution in [2.24, 2.45) is 5.92 Å². The van der Waals surface area contributed by atoms with E-state index >= 15 is 0 Å². The standard InChI is InChI=1S/C15H16FNO2/c16-11-6-7-12-13(8-11)15(19)17(14(12)18)9-10-4-2-1-3-5-10/h6-8,10H,1-5,9H2. The summed E-state index contributed by atoms with van der Waals surface area (Å²) in [7, 11) is 0. The number of amides is 2. The Hall–Kier alpha value is -1.71. The first-order valence-corrected chi connectivity index (χ1v) is 6.82. The summed E-state index contributed by atoms with van der Waals surface area (Å²) in [4.78, 5) is 25.6. The lowest BCUT2D eigenvalue weighted by molar-refractivity contribution is 0.0616. The van der Waals surface area contributed by atoms with Gasteiger partial charge in [-0.2, -0.15) is 0 Å². The van der Waals surface area contributed by atoms with Crippen molar-refractivity contribution < 1.29 is 14.0 Å². The molecule has 0 aromatic heterocycles. The fourth-order valence-electron chi connectivity index (χ4n) is 3.06. The van der Waals surface area contributed by atoms with Gasteiger partial charge in [0.15, 0.2) is 0 Å². The van der Waals surface area contributed by atoms with Crippen LogP contribution in [0.15, 0.2) is 18.2 Å². The molecule has 100 valence electrons. The molecule has 1 fully saturated rings. The van der Waals surface area contributed by atoms with Crippen molar-refractivity contribution in [1.82, 2.24) is 4.90 Å². The molecule has 1 aliphatic carbocycles. The molecule has 0 N–H and O–H groups in total. The normalized spacial score (nSPS) is 19.9. The second-order valence-electron chi connectivity index (χ2n) is 5.41. The molecule has 1 aromatic rings. The Bertz CT molecular complexity index is 535. The number of carbonyl (C=O) groups is 2. The third-order valence-corrected chi connectivity index (χ3v) is 4.10. The highest BCUT2D eigenvalue weighted by atomic mass is 19.1. The maximum absolute atomic E-state index is 13.2. The van der Waals surface area contributed by atoms with Crippen LogP contribution in [0.2, 0.25) is 0 Å². The topological polar surface area (TPSA) is 37.4 Å². The number of fused-ring (bicyclic) bond motifs is 1. The lowest BCUT2D eigenvalue weighted by atomic mass is 9.89. The number of benzene rings is 1. The van der Waals surface area contributed by atoms with Crippen molar-refractivity contribution in [3.8, 4) is 0 Å². The van der Waals surface area contributed by atoms with Gasteiger partial charge in [-0.25, -0.2) is 4.39 Å². The number of carbonyl (C=O) groups excluding carboxylic acids is 2. The monoisotopic (exact) mass is 261 g/mol. The van der Waals surface area contributed by atoms with E-state index in [0.717, 1.165) is 18.9 Å². The van der Waals surface area contributed by atoms with E-state index in [1.807, 2.05) is 0 Å². The Morgan fingerprint density at radius 2 is 1.74 bits per heavy atom. The van der Waals surface area contributed by atoms with Gasteiger partial charge in [0.05, 0.1) is 11.1 Å². The van der Waals surface area contributed by atoms with Gasteiger partial charge >= 0.3 is 0 Å². The van der Waals surface area contributed by atoms with Crippen LogP contribution in [-0.4, -0.2) is 23.3 Å². The van der Waals surface area contributed by atoms with Gasteiger partial charge in [0.1, 0.15) is 5.82 Å².